The van der Waals surface area contributed by atoms with Crippen LogP contribution < -0.4 is 5.32 Å². The van der Waals surface area contributed by atoms with Crippen LogP contribution in [0.5, 0.6) is 0 Å². The van der Waals surface area contributed by atoms with Crippen molar-refractivity contribution in [1.29, 1.82) is 0 Å². The van der Waals surface area contributed by atoms with Gasteiger partial charge in [-0.3, -0.25) is 0 Å². The lowest BCUT2D eigenvalue weighted by Gasteiger charge is -2.10. The van der Waals surface area contributed by atoms with E-state index in [9.17, 15) is 0 Å². The van der Waals surface area contributed by atoms with Crippen LogP contribution in [-0.2, 0) is 12.8 Å². The molecule has 2 aromatic rings. The van der Waals surface area contributed by atoms with Gasteiger partial charge in [0.1, 0.15) is 5.82 Å². The molecule has 0 aliphatic carbocycles. The van der Waals surface area contributed by atoms with E-state index in [0.717, 1.165) is 36.2 Å². The van der Waals surface area contributed by atoms with Gasteiger partial charge in [0, 0.05) is 11.4 Å². The van der Waals surface area contributed by atoms with Crippen molar-refractivity contribution in [3.63, 3.8) is 0 Å². The fourth-order valence-electron chi connectivity index (χ4n) is 3.05. The first-order valence-electron chi connectivity index (χ1n) is 9.85. The monoisotopic (exact) mass is 338 g/mol. The Bertz CT molecular complexity index is 576. The molecule has 2 nitrogen and oxygen atoms in total. The van der Waals surface area contributed by atoms with Crippen molar-refractivity contribution < 1.29 is 0 Å². The number of aromatic nitrogens is 1. The summed E-state index contributed by atoms with van der Waals surface area (Å²) >= 11 is 0. The van der Waals surface area contributed by atoms with Crippen LogP contribution in [0.15, 0.2) is 42.5 Å². The Kier molecular flexibility index (Phi) is 7.97. The van der Waals surface area contributed by atoms with Gasteiger partial charge in [0.15, 0.2) is 0 Å². The predicted octanol–water partition coefficient (Wildman–Crippen LogP) is 6.78. The van der Waals surface area contributed by atoms with Crippen molar-refractivity contribution in [1.82, 2.24) is 4.98 Å². The molecule has 0 saturated carbocycles. The van der Waals surface area contributed by atoms with E-state index in [4.69, 9.17) is 4.98 Å². The predicted molar refractivity (Wildman–Crippen MR) is 110 cm³/mol. The van der Waals surface area contributed by atoms with Crippen LogP contribution in [0.3, 0.4) is 0 Å². The molecule has 1 heterocycles. The number of hydrogen-bond acceptors (Lipinski definition) is 2. The normalized spacial score (nSPS) is 11.3. The third kappa shape index (κ3) is 7.72. The van der Waals surface area contributed by atoms with Gasteiger partial charge in [-0.1, -0.05) is 58.7 Å². The molecular weight excluding hydrogens is 304 g/mol. The zero-order valence-electron chi connectivity index (χ0n) is 16.4. The molecular formula is C23H34N2. The topological polar surface area (TPSA) is 24.9 Å². The maximum absolute atomic E-state index is 4.77. The number of anilines is 2. The van der Waals surface area contributed by atoms with Gasteiger partial charge < -0.3 is 5.32 Å². The second-order valence-corrected chi connectivity index (χ2v) is 7.91. The molecule has 0 unspecified atom stereocenters. The van der Waals surface area contributed by atoms with Crippen molar-refractivity contribution in [2.24, 2.45) is 11.8 Å². The summed E-state index contributed by atoms with van der Waals surface area (Å²) in [7, 11) is 0. The van der Waals surface area contributed by atoms with Crippen molar-refractivity contribution in [2.75, 3.05) is 5.32 Å². The molecule has 0 radical (unpaired) electrons. The minimum absolute atomic E-state index is 0.764. The molecule has 136 valence electrons. The smallest absolute Gasteiger partial charge is 0.130 e. The maximum Gasteiger partial charge on any atom is 0.130 e. The Morgan fingerprint density at radius 2 is 1.52 bits per heavy atom. The number of pyridine rings is 1. The van der Waals surface area contributed by atoms with Crippen LogP contribution in [-0.4, -0.2) is 4.98 Å². The van der Waals surface area contributed by atoms with E-state index in [-0.39, 0.29) is 0 Å². The van der Waals surface area contributed by atoms with Crippen molar-refractivity contribution in [3.8, 4) is 0 Å². The second kappa shape index (κ2) is 10.2. The standard InChI is InChI=1S/C23H34N2/c1-18(2)9-5-11-20-12-7-15-22(17-20)25-23-16-8-14-21(24-23)13-6-10-19(3)4/h7-8,12,14-19H,5-6,9-11,13H2,1-4H3,(H,24,25). The summed E-state index contributed by atoms with van der Waals surface area (Å²) in [6, 6.07) is 15.0. The lowest BCUT2D eigenvalue weighted by atomic mass is 10.0. The van der Waals surface area contributed by atoms with Gasteiger partial charge in [-0.2, -0.15) is 0 Å². The van der Waals surface area contributed by atoms with E-state index in [1.165, 1.54) is 36.9 Å². The number of benzene rings is 1. The zero-order chi connectivity index (χ0) is 18.1. The van der Waals surface area contributed by atoms with Crippen LogP contribution in [0.4, 0.5) is 11.5 Å². The molecule has 0 atom stereocenters. The van der Waals surface area contributed by atoms with Gasteiger partial charge in [-0.15, -0.1) is 0 Å². The Hall–Kier alpha value is -1.83. The number of nitrogens with zero attached hydrogens (tertiary/aromatic N) is 1. The summed E-state index contributed by atoms with van der Waals surface area (Å²) < 4.78 is 0. The summed E-state index contributed by atoms with van der Waals surface area (Å²) in [5.74, 6) is 2.49. The molecule has 2 heteroatoms. The third-order valence-electron chi connectivity index (χ3n) is 4.47. The maximum atomic E-state index is 4.77. The first kappa shape index (κ1) is 19.5. The molecule has 0 amide bonds. The van der Waals surface area contributed by atoms with Crippen molar-refractivity contribution in [3.05, 3.63) is 53.7 Å². The van der Waals surface area contributed by atoms with Gasteiger partial charge in [-0.25, -0.2) is 4.98 Å². The number of rotatable bonds is 10. The molecule has 0 bridgehead atoms. The highest BCUT2D eigenvalue weighted by Gasteiger charge is 2.02. The summed E-state index contributed by atoms with van der Waals surface area (Å²) in [6.45, 7) is 9.13. The van der Waals surface area contributed by atoms with Crippen LogP contribution >= 0.6 is 0 Å². The molecule has 0 saturated heterocycles. The van der Waals surface area contributed by atoms with Gasteiger partial charge in [-0.05, 0) is 67.3 Å². The highest BCUT2D eigenvalue weighted by atomic mass is 15.0. The summed E-state index contributed by atoms with van der Waals surface area (Å²) in [6.07, 6.45) is 7.22. The fraction of sp³-hybridized carbons (Fsp3) is 0.522. The molecule has 25 heavy (non-hydrogen) atoms. The Morgan fingerprint density at radius 3 is 2.24 bits per heavy atom. The van der Waals surface area contributed by atoms with E-state index in [2.05, 4.69) is 75.5 Å². The molecule has 2 rings (SSSR count). The van der Waals surface area contributed by atoms with Gasteiger partial charge in [0.2, 0.25) is 0 Å². The number of hydrogen-bond donors (Lipinski definition) is 1. The summed E-state index contributed by atoms with van der Waals surface area (Å²) in [5, 5.41) is 3.47. The second-order valence-electron chi connectivity index (χ2n) is 7.91. The van der Waals surface area contributed by atoms with E-state index < -0.39 is 0 Å². The quantitative estimate of drug-likeness (QED) is 0.516. The van der Waals surface area contributed by atoms with Crippen molar-refractivity contribution >= 4 is 11.5 Å². The summed E-state index contributed by atoms with van der Waals surface area (Å²) in [5.41, 5.74) is 3.71. The average Bonchev–Trinajstić information content (AvgIpc) is 2.55. The van der Waals surface area contributed by atoms with E-state index in [1.54, 1.807) is 0 Å². The largest absolute Gasteiger partial charge is 0.340 e. The molecule has 0 fully saturated rings. The van der Waals surface area contributed by atoms with E-state index >= 15 is 0 Å². The molecule has 0 spiro atoms. The molecule has 1 aromatic carbocycles. The molecule has 0 aliphatic heterocycles. The van der Waals surface area contributed by atoms with Gasteiger partial charge >= 0.3 is 0 Å². The van der Waals surface area contributed by atoms with Crippen LogP contribution in [0.25, 0.3) is 0 Å². The van der Waals surface area contributed by atoms with Crippen LogP contribution in [0.2, 0.25) is 0 Å². The highest BCUT2D eigenvalue weighted by Crippen LogP contribution is 2.19. The lowest BCUT2D eigenvalue weighted by Crippen LogP contribution is -1.99. The fourth-order valence-corrected chi connectivity index (χ4v) is 3.05. The van der Waals surface area contributed by atoms with Gasteiger partial charge in [0.25, 0.3) is 0 Å². The van der Waals surface area contributed by atoms with E-state index in [0.29, 0.717) is 0 Å². The molecule has 1 aromatic heterocycles. The van der Waals surface area contributed by atoms with Gasteiger partial charge in [0.05, 0.1) is 0 Å². The average molecular weight is 339 g/mol. The first-order valence-corrected chi connectivity index (χ1v) is 9.85. The van der Waals surface area contributed by atoms with Crippen molar-refractivity contribution in [2.45, 2.75) is 66.2 Å². The zero-order valence-corrected chi connectivity index (χ0v) is 16.4. The van der Waals surface area contributed by atoms with Crippen LogP contribution in [0, 0.1) is 11.8 Å². The Labute approximate surface area is 154 Å². The lowest BCUT2D eigenvalue weighted by molar-refractivity contribution is 0.553. The summed E-state index contributed by atoms with van der Waals surface area (Å²) in [4.78, 5) is 4.77. The minimum atomic E-state index is 0.764. The van der Waals surface area contributed by atoms with Crippen LogP contribution in [0.1, 0.15) is 64.6 Å². The number of aryl methyl sites for hydroxylation is 2. The molecule has 0 aliphatic rings. The Balaban J connectivity index is 1.92. The minimum Gasteiger partial charge on any atom is -0.340 e. The van der Waals surface area contributed by atoms with E-state index in [1.807, 2.05) is 0 Å². The third-order valence-corrected chi connectivity index (χ3v) is 4.47. The SMILES string of the molecule is CC(C)CCCc1cccc(Nc2cccc(CCCC(C)C)n2)c1. The molecule has 1 N–H and O–H groups in total. The highest BCUT2D eigenvalue weighted by molar-refractivity contribution is 5.57. The number of nitrogens with one attached hydrogen (secondary N) is 1. The Morgan fingerprint density at radius 1 is 0.840 bits per heavy atom. The first-order chi connectivity index (χ1) is 12.0.